The molecule has 0 spiro atoms. The molecule has 1 aliphatic rings. The van der Waals surface area contributed by atoms with Crippen LogP contribution in [0.25, 0.3) is 21.1 Å². The number of aromatic hydroxyl groups is 1. The molecule has 4 aromatic rings. The molecule has 0 aliphatic carbocycles. The van der Waals surface area contributed by atoms with Crippen molar-refractivity contribution in [3.8, 4) is 33.0 Å². The minimum atomic E-state index is -0.106. The lowest BCUT2D eigenvalue weighted by molar-refractivity contribution is -0.131. The number of carbonyl (C=O) groups is 1. The lowest BCUT2D eigenvalue weighted by Gasteiger charge is -2.15. The molecular formula is C25H18N4O2S. The molecule has 0 radical (unpaired) electrons. The smallest absolute Gasteiger partial charge is 0.229 e. The van der Waals surface area contributed by atoms with Crippen molar-refractivity contribution in [3.05, 3.63) is 89.2 Å². The molecule has 0 unspecified atom stereocenters. The van der Waals surface area contributed by atoms with Crippen LogP contribution in [-0.2, 0) is 24.3 Å². The third-order valence-corrected chi connectivity index (χ3v) is 6.60. The van der Waals surface area contributed by atoms with Crippen LogP contribution in [0.15, 0.2) is 66.9 Å². The molecule has 0 fully saturated rings. The number of benzene rings is 2. The monoisotopic (exact) mass is 438 g/mol. The van der Waals surface area contributed by atoms with Gasteiger partial charge in [-0.15, -0.1) is 11.3 Å². The Kier molecular flexibility index (Phi) is 5.13. The largest absolute Gasteiger partial charge is 0.506 e. The lowest BCUT2D eigenvalue weighted by atomic mass is 10.1. The molecule has 6 nitrogen and oxygen atoms in total. The van der Waals surface area contributed by atoms with E-state index >= 15 is 0 Å². The van der Waals surface area contributed by atoms with Crippen LogP contribution in [0.3, 0.4) is 0 Å². The summed E-state index contributed by atoms with van der Waals surface area (Å²) < 4.78 is 0. The van der Waals surface area contributed by atoms with Crippen LogP contribution in [0.2, 0.25) is 0 Å². The predicted molar refractivity (Wildman–Crippen MR) is 122 cm³/mol. The second-order valence-electron chi connectivity index (χ2n) is 7.56. The molecular weight excluding hydrogens is 420 g/mol. The van der Waals surface area contributed by atoms with Gasteiger partial charge in [-0.1, -0.05) is 54.6 Å². The van der Waals surface area contributed by atoms with E-state index in [1.165, 1.54) is 34.7 Å². The van der Waals surface area contributed by atoms with E-state index in [0.717, 1.165) is 10.4 Å². The van der Waals surface area contributed by atoms with Crippen LogP contribution in [0, 0.1) is 11.3 Å². The van der Waals surface area contributed by atoms with Gasteiger partial charge in [-0.05, 0) is 16.7 Å². The summed E-state index contributed by atoms with van der Waals surface area (Å²) >= 11 is 1.38. The van der Waals surface area contributed by atoms with Crippen molar-refractivity contribution in [2.75, 3.05) is 0 Å². The average Bonchev–Trinajstić information content (AvgIpc) is 3.44. The molecule has 1 aliphatic heterocycles. The van der Waals surface area contributed by atoms with E-state index in [4.69, 9.17) is 10.2 Å². The minimum absolute atomic E-state index is 0.00670. The Hall–Kier alpha value is -4.02. The van der Waals surface area contributed by atoms with Gasteiger partial charge in [-0.25, -0.2) is 9.97 Å². The van der Waals surface area contributed by atoms with Crippen LogP contribution < -0.4 is 0 Å². The number of hydrogen-bond acceptors (Lipinski definition) is 6. The van der Waals surface area contributed by atoms with Gasteiger partial charge in [-0.2, -0.15) is 5.26 Å². The number of thiazole rings is 1. The maximum atomic E-state index is 13.2. The maximum Gasteiger partial charge on any atom is 0.229 e. The number of rotatable bonds is 4. The van der Waals surface area contributed by atoms with Gasteiger partial charge in [0.25, 0.3) is 0 Å². The molecule has 2 aromatic carbocycles. The van der Waals surface area contributed by atoms with Gasteiger partial charge in [0.2, 0.25) is 5.91 Å². The fourth-order valence-electron chi connectivity index (χ4n) is 3.83. The van der Waals surface area contributed by atoms with Crippen LogP contribution in [0.5, 0.6) is 5.75 Å². The van der Waals surface area contributed by atoms with Gasteiger partial charge in [0.1, 0.15) is 22.5 Å². The van der Waals surface area contributed by atoms with Gasteiger partial charge in [-0.3, -0.25) is 4.79 Å². The Bertz CT molecular complexity index is 1330. The number of aromatic nitrogens is 2. The molecule has 7 heteroatoms. The van der Waals surface area contributed by atoms with Crippen molar-refractivity contribution in [2.24, 2.45) is 0 Å². The molecule has 0 saturated carbocycles. The Morgan fingerprint density at radius 3 is 2.44 bits per heavy atom. The fraction of sp³-hybridized carbons (Fsp3) is 0.120. The number of nitriles is 1. The zero-order chi connectivity index (χ0) is 22.1. The SMILES string of the molecule is N#Cc1cnc(-c2nc(CC(=O)N3Cc4ccccc4C3)c(-c3ccccc3)s2)c(O)c1. The van der Waals surface area contributed by atoms with E-state index in [2.05, 4.69) is 17.1 Å². The van der Waals surface area contributed by atoms with Crippen molar-refractivity contribution in [2.45, 2.75) is 19.5 Å². The highest BCUT2D eigenvalue weighted by molar-refractivity contribution is 7.18. The number of nitrogens with zero attached hydrogens (tertiary/aromatic N) is 4. The molecule has 2 aromatic heterocycles. The van der Waals surface area contributed by atoms with Crippen molar-refractivity contribution in [3.63, 3.8) is 0 Å². The Morgan fingerprint density at radius 2 is 1.78 bits per heavy atom. The van der Waals surface area contributed by atoms with E-state index in [1.807, 2.05) is 53.4 Å². The zero-order valence-corrected chi connectivity index (χ0v) is 17.8. The normalized spacial score (nSPS) is 12.4. The topological polar surface area (TPSA) is 90.1 Å². The maximum absolute atomic E-state index is 13.2. The number of hydrogen-bond donors (Lipinski definition) is 1. The second-order valence-corrected chi connectivity index (χ2v) is 8.56. The average molecular weight is 439 g/mol. The summed E-state index contributed by atoms with van der Waals surface area (Å²) in [6, 6.07) is 21.2. The molecule has 32 heavy (non-hydrogen) atoms. The van der Waals surface area contributed by atoms with Crippen LogP contribution in [0.1, 0.15) is 22.4 Å². The van der Waals surface area contributed by atoms with E-state index in [-0.39, 0.29) is 23.6 Å². The summed E-state index contributed by atoms with van der Waals surface area (Å²) in [4.78, 5) is 24.8. The molecule has 1 N–H and O–H groups in total. The van der Waals surface area contributed by atoms with Gasteiger partial charge < -0.3 is 10.0 Å². The molecule has 5 rings (SSSR count). The number of amides is 1. The molecule has 156 valence electrons. The summed E-state index contributed by atoms with van der Waals surface area (Å²) in [6.07, 6.45) is 1.57. The summed E-state index contributed by atoms with van der Waals surface area (Å²) in [7, 11) is 0. The van der Waals surface area contributed by atoms with E-state index in [9.17, 15) is 9.90 Å². The quantitative estimate of drug-likeness (QED) is 0.505. The first kappa shape index (κ1) is 19.9. The summed E-state index contributed by atoms with van der Waals surface area (Å²) in [5, 5.41) is 19.9. The summed E-state index contributed by atoms with van der Waals surface area (Å²) in [5.74, 6) is -0.0995. The predicted octanol–water partition coefficient (Wildman–Crippen LogP) is 4.53. The number of pyridine rings is 1. The number of fused-ring (bicyclic) bond motifs is 1. The fourth-order valence-corrected chi connectivity index (χ4v) is 4.92. The third kappa shape index (κ3) is 3.72. The minimum Gasteiger partial charge on any atom is -0.506 e. The molecule has 3 heterocycles. The summed E-state index contributed by atoms with van der Waals surface area (Å²) in [5.41, 5.74) is 4.54. The summed E-state index contributed by atoms with van der Waals surface area (Å²) in [6.45, 7) is 1.20. The van der Waals surface area contributed by atoms with Crippen molar-refractivity contribution >= 4 is 17.2 Å². The highest BCUT2D eigenvalue weighted by Gasteiger charge is 2.26. The molecule has 0 atom stereocenters. The van der Waals surface area contributed by atoms with Crippen molar-refractivity contribution < 1.29 is 9.90 Å². The van der Waals surface area contributed by atoms with Gasteiger partial charge in [0.05, 0.1) is 22.6 Å². The first-order chi connectivity index (χ1) is 15.6. The highest BCUT2D eigenvalue weighted by atomic mass is 32.1. The molecule has 1 amide bonds. The van der Waals surface area contributed by atoms with Gasteiger partial charge in [0, 0.05) is 25.4 Å². The Labute approximate surface area is 189 Å². The van der Waals surface area contributed by atoms with Gasteiger partial charge in [0.15, 0.2) is 0 Å². The first-order valence-corrected chi connectivity index (χ1v) is 10.9. The molecule has 0 bridgehead atoms. The highest BCUT2D eigenvalue weighted by Crippen LogP contribution is 2.38. The van der Waals surface area contributed by atoms with E-state index < -0.39 is 0 Å². The zero-order valence-electron chi connectivity index (χ0n) is 17.0. The van der Waals surface area contributed by atoms with Gasteiger partial charge >= 0.3 is 0 Å². The lowest BCUT2D eigenvalue weighted by Crippen LogP contribution is -2.27. The van der Waals surface area contributed by atoms with Crippen LogP contribution in [0.4, 0.5) is 0 Å². The van der Waals surface area contributed by atoms with Crippen molar-refractivity contribution in [1.29, 1.82) is 5.26 Å². The van der Waals surface area contributed by atoms with E-state index in [1.54, 1.807) is 0 Å². The Balaban J connectivity index is 1.49. The first-order valence-electron chi connectivity index (χ1n) is 10.1. The Morgan fingerprint density at radius 1 is 1.09 bits per heavy atom. The van der Waals surface area contributed by atoms with Crippen molar-refractivity contribution in [1.82, 2.24) is 14.9 Å². The number of carbonyl (C=O) groups excluding carboxylic acids is 1. The second kappa shape index (κ2) is 8.25. The third-order valence-electron chi connectivity index (χ3n) is 5.44. The van der Waals surface area contributed by atoms with Crippen LogP contribution >= 0.6 is 11.3 Å². The van der Waals surface area contributed by atoms with Crippen LogP contribution in [-0.4, -0.2) is 25.9 Å². The standard InChI is InChI=1S/C25H18N4O2S/c26-12-16-10-21(30)23(27-13-16)25-28-20(24(32-25)17-6-2-1-3-7-17)11-22(31)29-14-18-8-4-5-9-19(18)15-29/h1-10,13,30H,11,14-15H2. The van der Waals surface area contributed by atoms with E-state index in [0.29, 0.717) is 29.5 Å². The molecule has 0 saturated heterocycles.